The van der Waals surface area contributed by atoms with Gasteiger partial charge in [0.2, 0.25) is 0 Å². The molecule has 1 radical (unpaired) electrons. The van der Waals surface area contributed by atoms with Gasteiger partial charge in [0.15, 0.2) is 0 Å². The normalized spacial score (nSPS) is 12.7. The highest BCUT2D eigenvalue weighted by atomic mass is 16.6. The summed E-state index contributed by atoms with van der Waals surface area (Å²) < 4.78 is 9.69. The zero-order valence-electron chi connectivity index (χ0n) is 11.5. The standard InChI is InChI=1S/C12H23N2O4/c1-12(2,3)18-11(16)14-9(10(15)17-4)7-5-6-8-13/h9,13H,5-8H2,1-4H3,(H,14,16). The molecule has 0 saturated carbocycles. The Balaban J connectivity index is 4.31. The topological polar surface area (TPSA) is 88.4 Å². The van der Waals surface area contributed by atoms with Gasteiger partial charge in [0, 0.05) is 6.54 Å². The number of rotatable bonds is 6. The maximum Gasteiger partial charge on any atom is 0.408 e. The van der Waals surface area contributed by atoms with Gasteiger partial charge in [-0.2, -0.15) is 0 Å². The Morgan fingerprint density at radius 3 is 2.33 bits per heavy atom. The number of hydrogen-bond acceptors (Lipinski definition) is 4. The summed E-state index contributed by atoms with van der Waals surface area (Å²) in [6.07, 6.45) is 1.18. The summed E-state index contributed by atoms with van der Waals surface area (Å²) in [5.74, 6) is -0.495. The average Bonchev–Trinajstić information content (AvgIpc) is 2.24. The summed E-state index contributed by atoms with van der Waals surface area (Å²) in [4.78, 5) is 23.0. The van der Waals surface area contributed by atoms with Gasteiger partial charge in [0.05, 0.1) is 7.11 Å². The van der Waals surface area contributed by atoms with Crippen molar-refractivity contribution in [1.82, 2.24) is 11.1 Å². The fourth-order valence-corrected chi connectivity index (χ4v) is 1.31. The number of hydrogen-bond donors (Lipinski definition) is 1. The van der Waals surface area contributed by atoms with Crippen molar-refractivity contribution in [3.63, 3.8) is 0 Å². The van der Waals surface area contributed by atoms with E-state index < -0.39 is 23.7 Å². The summed E-state index contributed by atoms with van der Waals surface area (Å²) >= 11 is 0. The van der Waals surface area contributed by atoms with Crippen molar-refractivity contribution < 1.29 is 19.1 Å². The molecule has 1 unspecified atom stereocenters. The molecular weight excluding hydrogens is 236 g/mol. The van der Waals surface area contributed by atoms with Gasteiger partial charge in [-0.3, -0.25) is 5.73 Å². The van der Waals surface area contributed by atoms with E-state index >= 15 is 0 Å². The Hall–Kier alpha value is -1.30. The van der Waals surface area contributed by atoms with E-state index in [9.17, 15) is 9.59 Å². The fourth-order valence-electron chi connectivity index (χ4n) is 1.31. The van der Waals surface area contributed by atoms with Crippen LogP contribution in [0, 0.1) is 0 Å². The number of ether oxygens (including phenoxy) is 2. The van der Waals surface area contributed by atoms with E-state index in [2.05, 4.69) is 10.1 Å². The molecule has 105 valence electrons. The van der Waals surface area contributed by atoms with Crippen LogP contribution in [0.3, 0.4) is 0 Å². The molecule has 0 heterocycles. The van der Waals surface area contributed by atoms with E-state index in [1.165, 1.54) is 7.11 Å². The van der Waals surface area contributed by atoms with Gasteiger partial charge in [-0.25, -0.2) is 9.59 Å². The second kappa shape index (κ2) is 7.92. The van der Waals surface area contributed by atoms with Crippen LogP contribution in [0.15, 0.2) is 0 Å². The molecule has 0 aromatic heterocycles. The van der Waals surface area contributed by atoms with Crippen LogP contribution in [0.25, 0.3) is 0 Å². The third kappa shape index (κ3) is 7.89. The molecule has 0 spiro atoms. The molecule has 0 saturated heterocycles. The van der Waals surface area contributed by atoms with Crippen molar-refractivity contribution in [2.75, 3.05) is 13.7 Å². The summed E-state index contributed by atoms with van der Waals surface area (Å²) in [7, 11) is 1.27. The van der Waals surface area contributed by atoms with Crippen LogP contribution >= 0.6 is 0 Å². The Bertz CT molecular complexity index is 274. The summed E-state index contributed by atoms with van der Waals surface area (Å²) in [5.41, 5.74) is 6.43. The number of carbonyl (C=O) groups is 2. The lowest BCUT2D eigenvalue weighted by Crippen LogP contribution is -2.44. The molecule has 0 rings (SSSR count). The van der Waals surface area contributed by atoms with E-state index in [1.807, 2.05) is 0 Å². The lowest BCUT2D eigenvalue weighted by molar-refractivity contribution is -0.143. The molecule has 0 fully saturated rings. The highest BCUT2D eigenvalue weighted by Crippen LogP contribution is 2.08. The number of alkyl carbamates (subject to hydrolysis) is 1. The Morgan fingerprint density at radius 1 is 1.28 bits per heavy atom. The molecule has 6 heteroatoms. The van der Waals surface area contributed by atoms with Gasteiger partial charge in [0.25, 0.3) is 0 Å². The Labute approximate surface area is 108 Å². The number of nitrogens with one attached hydrogen (secondary N) is 2. The third-order valence-corrected chi connectivity index (χ3v) is 2.10. The largest absolute Gasteiger partial charge is 0.467 e. The second-order valence-electron chi connectivity index (χ2n) is 4.97. The van der Waals surface area contributed by atoms with Crippen LogP contribution in [-0.4, -0.2) is 37.4 Å². The molecule has 0 bridgehead atoms. The molecule has 0 aromatic rings. The summed E-state index contributed by atoms with van der Waals surface area (Å²) in [5, 5.41) is 2.49. The van der Waals surface area contributed by atoms with Gasteiger partial charge in [-0.1, -0.05) is 0 Å². The lowest BCUT2D eigenvalue weighted by atomic mass is 10.1. The molecule has 18 heavy (non-hydrogen) atoms. The maximum atomic E-state index is 11.5. The fraction of sp³-hybridized carbons (Fsp3) is 0.833. The maximum absolute atomic E-state index is 11.5. The first-order chi connectivity index (χ1) is 8.30. The second-order valence-corrected chi connectivity index (χ2v) is 4.97. The van der Waals surface area contributed by atoms with E-state index in [-0.39, 0.29) is 0 Å². The SMILES string of the molecule is COC(=O)C(CCCC[NH])NC(=O)OC(C)(C)C. The number of amides is 1. The third-order valence-electron chi connectivity index (χ3n) is 2.10. The highest BCUT2D eigenvalue weighted by Gasteiger charge is 2.24. The Morgan fingerprint density at radius 2 is 1.89 bits per heavy atom. The Kier molecular flexibility index (Phi) is 7.35. The van der Waals surface area contributed by atoms with Crippen LogP contribution in [-0.2, 0) is 14.3 Å². The predicted molar refractivity (Wildman–Crippen MR) is 67.0 cm³/mol. The van der Waals surface area contributed by atoms with Crippen LogP contribution < -0.4 is 11.1 Å². The minimum Gasteiger partial charge on any atom is -0.467 e. The van der Waals surface area contributed by atoms with Crippen molar-refractivity contribution in [3.05, 3.63) is 0 Å². The average molecular weight is 259 g/mol. The van der Waals surface area contributed by atoms with Crippen molar-refractivity contribution in [2.24, 2.45) is 0 Å². The minimum atomic E-state index is -0.712. The molecule has 1 amide bonds. The molecule has 6 nitrogen and oxygen atoms in total. The van der Waals surface area contributed by atoms with E-state index in [0.717, 1.165) is 0 Å². The first-order valence-electron chi connectivity index (χ1n) is 6.02. The molecule has 1 atom stereocenters. The van der Waals surface area contributed by atoms with Crippen molar-refractivity contribution in [1.29, 1.82) is 0 Å². The van der Waals surface area contributed by atoms with E-state index in [4.69, 9.17) is 10.5 Å². The zero-order chi connectivity index (χ0) is 14.2. The quantitative estimate of drug-likeness (QED) is 0.578. The molecule has 2 N–H and O–H groups in total. The van der Waals surface area contributed by atoms with Gasteiger partial charge < -0.3 is 14.8 Å². The van der Waals surface area contributed by atoms with Gasteiger partial charge >= 0.3 is 12.1 Å². The van der Waals surface area contributed by atoms with Gasteiger partial charge in [-0.15, -0.1) is 0 Å². The predicted octanol–water partition coefficient (Wildman–Crippen LogP) is 1.51. The molecular formula is C12H23N2O4. The van der Waals surface area contributed by atoms with Crippen LogP contribution in [0.1, 0.15) is 40.0 Å². The highest BCUT2D eigenvalue weighted by molar-refractivity contribution is 5.81. The number of methoxy groups -OCH3 is 1. The zero-order valence-corrected chi connectivity index (χ0v) is 11.5. The molecule has 0 aromatic carbocycles. The van der Waals surface area contributed by atoms with Crippen molar-refractivity contribution in [2.45, 2.75) is 51.7 Å². The van der Waals surface area contributed by atoms with Gasteiger partial charge in [0.1, 0.15) is 11.6 Å². The van der Waals surface area contributed by atoms with Crippen molar-refractivity contribution >= 4 is 12.1 Å². The smallest absolute Gasteiger partial charge is 0.408 e. The van der Waals surface area contributed by atoms with Gasteiger partial charge in [-0.05, 0) is 40.0 Å². The first kappa shape index (κ1) is 16.7. The van der Waals surface area contributed by atoms with Crippen LogP contribution in [0.2, 0.25) is 0 Å². The van der Waals surface area contributed by atoms with Crippen LogP contribution in [0.4, 0.5) is 4.79 Å². The molecule has 0 aliphatic rings. The number of esters is 1. The lowest BCUT2D eigenvalue weighted by Gasteiger charge is -2.22. The number of carbonyl (C=O) groups excluding carboxylic acids is 2. The monoisotopic (exact) mass is 259 g/mol. The number of unbranched alkanes of at least 4 members (excludes halogenated alkanes) is 1. The summed E-state index contributed by atoms with van der Waals surface area (Å²) in [6.45, 7) is 5.56. The van der Waals surface area contributed by atoms with E-state index in [0.29, 0.717) is 25.8 Å². The molecule has 0 aliphatic heterocycles. The van der Waals surface area contributed by atoms with Crippen molar-refractivity contribution in [3.8, 4) is 0 Å². The van der Waals surface area contributed by atoms with E-state index in [1.54, 1.807) is 20.8 Å². The summed E-state index contributed by atoms with van der Waals surface area (Å²) in [6, 6.07) is -0.712. The minimum absolute atomic E-state index is 0.306. The first-order valence-corrected chi connectivity index (χ1v) is 6.02. The molecule has 0 aliphatic carbocycles. The van der Waals surface area contributed by atoms with Crippen LogP contribution in [0.5, 0.6) is 0 Å².